The van der Waals surface area contributed by atoms with Crippen LogP contribution in [-0.4, -0.2) is 9.55 Å². The van der Waals surface area contributed by atoms with Gasteiger partial charge in [-0.15, -0.1) is 0 Å². The Morgan fingerprint density at radius 2 is 1.81 bits per heavy atom. The Morgan fingerprint density at radius 1 is 1.24 bits per heavy atom. The first kappa shape index (κ1) is 16.5. The van der Waals surface area contributed by atoms with Crippen LogP contribution >= 0.6 is 43.5 Å². The number of nitrogens with one attached hydrogen (secondary N) is 1. The van der Waals surface area contributed by atoms with Gasteiger partial charge in [0.25, 0.3) is 5.56 Å². The van der Waals surface area contributed by atoms with Gasteiger partial charge in [-0.25, -0.2) is 9.36 Å². The highest BCUT2D eigenvalue weighted by atomic mass is 79.9. The molecule has 0 atom stereocenters. The number of hydrogen-bond donors (Lipinski definition) is 1. The van der Waals surface area contributed by atoms with Crippen molar-refractivity contribution in [2.24, 2.45) is 0 Å². The lowest BCUT2D eigenvalue weighted by atomic mass is 10.2. The second-order valence-electron chi connectivity index (χ2n) is 4.69. The zero-order chi connectivity index (χ0) is 15.7. The number of nitrogens with zero attached hydrogens (tertiary/aromatic N) is 1. The summed E-state index contributed by atoms with van der Waals surface area (Å²) < 4.78 is 2.42. The molecule has 1 aromatic heterocycles. The zero-order valence-electron chi connectivity index (χ0n) is 11.5. The number of halogens is 3. The van der Waals surface area contributed by atoms with Gasteiger partial charge in [0.05, 0.1) is 11.3 Å². The average Bonchev–Trinajstić information content (AvgIpc) is 2.37. The molecule has 0 aliphatic rings. The Morgan fingerprint density at radius 3 is 2.33 bits per heavy atom. The van der Waals surface area contributed by atoms with Crippen molar-refractivity contribution in [3.63, 3.8) is 0 Å². The maximum Gasteiger partial charge on any atom is 0.334 e. The third kappa shape index (κ3) is 3.17. The van der Waals surface area contributed by atoms with E-state index in [9.17, 15) is 9.59 Å². The summed E-state index contributed by atoms with van der Waals surface area (Å²) in [6, 6.07) is 3.69. The van der Waals surface area contributed by atoms with Gasteiger partial charge in [-0.2, -0.15) is 0 Å². The Labute approximate surface area is 143 Å². The normalized spacial score (nSPS) is 10.9. The Balaban J connectivity index is 2.86. The van der Waals surface area contributed by atoms with Crippen molar-refractivity contribution in [2.75, 3.05) is 0 Å². The molecule has 0 radical (unpaired) electrons. The van der Waals surface area contributed by atoms with E-state index >= 15 is 0 Å². The molecule has 1 aromatic carbocycles. The second-order valence-corrected chi connectivity index (χ2v) is 6.78. The van der Waals surface area contributed by atoms with Gasteiger partial charge in [0.1, 0.15) is 5.15 Å². The molecule has 0 spiro atoms. The SMILES string of the molecule is CCCc1c(Cl)[nH]c(=O)n(-c2c(Br)cc(C)cc2Br)c1=O. The smallest absolute Gasteiger partial charge is 0.297 e. The lowest BCUT2D eigenvalue weighted by Gasteiger charge is -2.12. The van der Waals surface area contributed by atoms with Crippen LogP contribution in [0, 0.1) is 6.92 Å². The summed E-state index contributed by atoms with van der Waals surface area (Å²) in [6.07, 6.45) is 1.27. The van der Waals surface area contributed by atoms with Crippen molar-refractivity contribution in [2.45, 2.75) is 26.7 Å². The van der Waals surface area contributed by atoms with Crippen LogP contribution in [-0.2, 0) is 6.42 Å². The summed E-state index contributed by atoms with van der Waals surface area (Å²) in [4.78, 5) is 27.3. The maximum absolute atomic E-state index is 12.6. The molecule has 21 heavy (non-hydrogen) atoms. The van der Waals surface area contributed by atoms with Gasteiger partial charge < -0.3 is 0 Å². The summed E-state index contributed by atoms with van der Waals surface area (Å²) in [5.74, 6) is 0. The molecule has 0 saturated carbocycles. The number of aryl methyl sites for hydroxylation is 1. The average molecular weight is 437 g/mol. The van der Waals surface area contributed by atoms with Gasteiger partial charge in [-0.3, -0.25) is 9.78 Å². The fraction of sp³-hybridized carbons (Fsp3) is 0.286. The number of H-pyrrole nitrogens is 1. The van der Waals surface area contributed by atoms with Gasteiger partial charge in [-0.1, -0.05) is 24.9 Å². The minimum Gasteiger partial charge on any atom is -0.297 e. The van der Waals surface area contributed by atoms with Gasteiger partial charge in [0.2, 0.25) is 0 Å². The Bertz CT molecular complexity index is 789. The van der Waals surface area contributed by atoms with E-state index in [2.05, 4.69) is 36.8 Å². The Hall–Kier alpha value is -0.850. The molecule has 1 heterocycles. The molecule has 2 aromatic rings. The summed E-state index contributed by atoms with van der Waals surface area (Å²) in [5.41, 5.74) is 0.940. The predicted molar refractivity (Wildman–Crippen MR) is 91.8 cm³/mol. The molecule has 0 unspecified atom stereocenters. The molecule has 2 rings (SSSR count). The van der Waals surface area contributed by atoms with E-state index in [-0.39, 0.29) is 5.15 Å². The fourth-order valence-electron chi connectivity index (χ4n) is 2.12. The maximum atomic E-state index is 12.6. The number of hydrogen-bond acceptors (Lipinski definition) is 2. The topological polar surface area (TPSA) is 54.9 Å². The second kappa shape index (κ2) is 6.50. The first-order chi connectivity index (χ1) is 9.86. The van der Waals surface area contributed by atoms with Crippen LogP contribution in [0.3, 0.4) is 0 Å². The zero-order valence-corrected chi connectivity index (χ0v) is 15.4. The predicted octanol–water partition coefficient (Wildman–Crippen LogP) is 3.97. The minimum absolute atomic E-state index is 0.113. The van der Waals surface area contributed by atoms with Gasteiger partial charge in [-0.05, 0) is 62.9 Å². The van der Waals surface area contributed by atoms with Crippen molar-refractivity contribution in [1.82, 2.24) is 9.55 Å². The molecule has 0 saturated heterocycles. The summed E-state index contributed by atoms with van der Waals surface area (Å²) in [7, 11) is 0. The van der Waals surface area contributed by atoms with E-state index in [1.807, 2.05) is 26.0 Å². The molecule has 0 fully saturated rings. The van der Waals surface area contributed by atoms with E-state index in [4.69, 9.17) is 11.6 Å². The molecule has 0 aliphatic carbocycles. The van der Waals surface area contributed by atoms with Crippen LogP contribution in [0.25, 0.3) is 5.69 Å². The molecule has 0 amide bonds. The lowest BCUT2D eigenvalue weighted by molar-refractivity contribution is 0.807. The van der Waals surface area contributed by atoms with E-state index in [0.29, 0.717) is 26.6 Å². The van der Waals surface area contributed by atoms with E-state index in [1.165, 1.54) is 0 Å². The summed E-state index contributed by atoms with van der Waals surface area (Å²) in [5, 5.41) is 0.113. The standard InChI is InChI=1S/C14H13Br2ClN2O2/c1-3-4-8-12(17)18-14(21)19(13(8)20)11-9(15)5-7(2)6-10(11)16/h5-6H,3-4H2,1-2H3,(H,18,21). The quantitative estimate of drug-likeness (QED) is 0.741. The van der Waals surface area contributed by atoms with E-state index < -0.39 is 11.2 Å². The van der Waals surface area contributed by atoms with Gasteiger partial charge in [0.15, 0.2) is 0 Å². The van der Waals surface area contributed by atoms with E-state index in [1.54, 1.807) is 0 Å². The number of rotatable bonds is 3. The summed E-state index contributed by atoms with van der Waals surface area (Å²) >= 11 is 12.8. The van der Waals surface area contributed by atoms with Gasteiger partial charge in [0, 0.05) is 8.95 Å². The molecule has 112 valence electrons. The first-order valence-corrected chi connectivity index (χ1v) is 8.33. The molecule has 4 nitrogen and oxygen atoms in total. The van der Waals surface area contributed by atoms with Crippen LogP contribution in [0.2, 0.25) is 5.15 Å². The third-order valence-corrected chi connectivity index (χ3v) is 4.56. The molecule has 0 aliphatic heterocycles. The van der Waals surface area contributed by atoms with Crippen molar-refractivity contribution < 1.29 is 0 Å². The van der Waals surface area contributed by atoms with Crippen molar-refractivity contribution in [1.29, 1.82) is 0 Å². The van der Waals surface area contributed by atoms with Crippen LogP contribution in [0.5, 0.6) is 0 Å². The third-order valence-electron chi connectivity index (χ3n) is 3.03. The highest BCUT2D eigenvalue weighted by molar-refractivity contribution is 9.11. The van der Waals surface area contributed by atoms with Crippen molar-refractivity contribution >= 4 is 43.5 Å². The highest BCUT2D eigenvalue weighted by Gasteiger charge is 2.17. The highest BCUT2D eigenvalue weighted by Crippen LogP contribution is 2.29. The van der Waals surface area contributed by atoms with Crippen molar-refractivity contribution in [3.8, 4) is 5.69 Å². The molecule has 1 N–H and O–H groups in total. The molecule has 7 heteroatoms. The van der Waals surface area contributed by atoms with Crippen LogP contribution < -0.4 is 11.2 Å². The van der Waals surface area contributed by atoms with Crippen molar-refractivity contribution in [3.05, 3.63) is 58.2 Å². The molecular formula is C14H13Br2ClN2O2. The van der Waals surface area contributed by atoms with Crippen LogP contribution in [0.4, 0.5) is 0 Å². The minimum atomic E-state index is -0.560. The lowest BCUT2D eigenvalue weighted by Crippen LogP contribution is -2.36. The molecular weight excluding hydrogens is 423 g/mol. The van der Waals surface area contributed by atoms with Crippen LogP contribution in [0.1, 0.15) is 24.5 Å². The van der Waals surface area contributed by atoms with E-state index in [0.717, 1.165) is 16.6 Å². The largest absolute Gasteiger partial charge is 0.334 e. The number of benzene rings is 1. The van der Waals surface area contributed by atoms with Crippen LogP contribution in [0.15, 0.2) is 30.7 Å². The Kier molecular flexibility index (Phi) is 5.11. The monoisotopic (exact) mass is 434 g/mol. The summed E-state index contributed by atoms with van der Waals surface area (Å²) in [6.45, 7) is 3.87. The number of aromatic amines is 1. The first-order valence-electron chi connectivity index (χ1n) is 6.36. The number of aromatic nitrogens is 2. The fourth-order valence-corrected chi connectivity index (χ4v) is 4.15. The molecule has 0 bridgehead atoms. The van der Waals surface area contributed by atoms with Gasteiger partial charge >= 0.3 is 5.69 Å².